The standard InChI is InChI=1S/C20H18FN3O3/c21-13-4-6-14(7-5-13)23-18-15-2-1-3-17(24-8-10-27-11-9-24)19(15)22-12-16(18)20(25)26/h1-7,12H,8-11H2,(H,22,23)(H,25,26). The Morgan fingerprint density at radius 3 is 2.59 bits per heavy atom. The summed E-state index contributed by atoms with van der Waals surface area (Å²) in [5, 5.41) is 13.4. The number of carboxylic acids is 1. The largest absolute Gasteiger partial charge is 0.478 e. The number of hydrogen-bond acceptors (Lipinski definition) is 5. The molecular formula is C20H18FN3O3. The van der Waals surface area contributed by atoms with Crippen molar-refractivity contribution in [1.29, 1.82) is 0 Å². The quantitative estimate of drug-likeness (QED) is 0.733. The molecule has 0 atom stereocenters. The molecule has 0 radical (unpaired) electrons. The van der Waals surface area contributed by atoms with Crippen LogP contribution in [-0.4, -0.2) is 42.4 Å². The second kappa shape index (κ2) is 7.20. The number of para-hydroxylation sites is 1. The van der Waals surface area contributed by atoms with E-state index in [2.05, 4.69) is 15.2 Å². The minimum Gasteiger partial charge on any atom is -0.478 e. The lowest BCUT2D eigenvalue weighted by molar-refractivity contribution is 0.0697. The number of carboxylic acid groups (broad SMARTS) is 1. The third-order valence-corrected chi connectivity index (χ3v) is 4.57. The van der Waals surface area contributed by atoms with Crippen LogP contribution in [0.4, 0.5) is 21.5 Å². The van der Waals surface area contributed by atoms with Crippen molar-refractivity contribution in [2.75, 3.05) is 36.5 Å². The second-order valence-electron chi connectivity index (χ2n) is 6.26. The Morgan fingerprint density at radius 2 is 1.89 bits per heavy atom. The first-order valence-corrected chi connectivity index (χ1v) is 8.64. The van der Waals surface area contributed by atoms with Crippen LogP contribution in [0.25, 0.3) is 10.9 Å². The van der Waals surface area contributed by atoms with Crippen LogP contribution in [0.3, 0.4) is 0 Å². The zero-order valence-corrected chi connectivity index (χ0v) is 14.5. The molecule has 0 amide bonds. The van der Waals surface area contributed by atoms with Crippen molar-refractivity contribution in [3.63, 3.8) is 0 Å². The van der Waals surface area contributed by atoms with E-state index in [0.29, 0.717) is 35.5 Å². The molecule has 2 aromatic carbocycles. The van der Waals surface area contributed by atoms with Gasteiger partial charge in [0.2, 0.25) is 0 Å². The minimum absolute atomic E-state index is 0.0611. The fourth-order valence-corrected chi connectivity index (χ4v) is 3.24. The third kappa shape index (κ3) is 3.41. The summed E-state index contributed by atoms with van der Waals surface area (Å²) in [4.78, 5) is 18.3. The maximum atomic E-state index is 13.2. The minimum atomic E-state index is -1.08. The highest BCUT2D eigenvalue weighted by Crippen LogP contribution is 2.34. The summed E-state index contributed by atoms with van der Waals surface area (Å²) in [6.07, 6.45) is 1.36. The SMILES string of the molecule is O=C(O)c1cnc2c(N3CCOCC3)cccc2c1Nc1ccc(F)cc1. The highest BCUT2D eigenvalue weighted by atomic mass is 19.1. The Kier molecular flexibility index (Phi) is 4.60. The van der Waals surface area contributed by atoms with E-state index >= 15 is 0 Å². The number of halogens is 1. The molecule has 0 bridgehead atoms. The maximum absolute atomic E-state index is 13.2. The molecular weight excluding hydrogens is 349 g/mol. The van der Waals surface area contributed by atoms with Gasteiger partial charge >= 0.3 is 5.97 Å². The van der Waals surface area contributed by atoms with Gasteiger partial charge in [-0.3, -0.25) is 4.98 Å². The summed E-state index contributed by atoms with van der Waals surface area (Å²) in [5.41, 5.74) is 2.76. The van der Waals surface area contributed by atoms with Gasteiger partial charge in [-0.05, 0) is 30.3 Å². The van der Waals surface area contributed by atoms with Gasteiger partial charge in [-0.2, -0.15) is 0 Å². The molecule has 0 aliphatic carbocycles. The molecule has 2 heterocycles. The van der Waals surface area contributed by atoms with E-state index in [4.69, 9.17) is 4.74 Å². The number of nitrogens with zero attached hydrogens (tertiary/aromatic N) is 2. The summed E-state index contributed by atoms with van der Waals surface area (Å²) in [5.74, 6) is -1.43. The summed E-state index contributed by atoms with van der Waals surface area (Å²) < 4.78 is 18.6. The van der Waals surface area contributed by atoms with Gasteiger partial charge in [0.15, 0.2) is 0 Å². The lowest BCUT2D eigenvalue weighted by Gasteiger charge is -2.29. The number of benzene rings is 2. The first-order valence-electron chi connectivity index (χ1n) is 8.64. The number of rotatable bonds is 4. The molecule has 7 heteroatoms. The molecule has 1 aliphatic heterocycles. The van der Waals surface area contributed by atoms with E-state index < -0.39 is 5.97 Å². The summed E-state index contributed by atoms with van der Waals surface area (Å²) in [7, 11) is 0. The van der Waals surface area contributed by atoms with Crippen molar-refractivity contribution >= 4 is 33.9 Å². The van der Waals surface area contributed by atoms with Crippen molar-refractivity contribution in [1.82, 2.24) is 4.98 Å². The van der Waals surface area contributed by atoms with Gasteiger partial charge in [-0.15, -0.1) is 0 Å². The number of anilines is 3. The molecule has 27 heavy (non-hydrogen) atoms. The van der Waals surface area contributed by atoms with Crippen molar-refractivity contribution in [3.05, 3.63) is 60.0 Å². The van der Waals surface area contributed by atoms with Gasteiger partial charge in [-0.25, -0.2) is 9.18 Å². The molecule has 1 saturated heterocycles. The van der Waals surface area contributed by atoms with Gasteiger partial charge in [0.25, 0.3) is 0 Å². The van der Waals surface area contributed by atoms with Crippen LogP contribution < -0.4 is 10.2 Å². The van der Waals surface area contributed by atoms with E-state index in [1.165, 1.54) is 18.3 Å². The number of nitrogens with one attached hydrogen (secondary N) is 1. The van der Waals surface area contributed by atoms with Crippen LogP contribution in [0, 0.1) is 5.82 Å². The van der Waals surface area contributed by atoms with Crippen LogP contribution >= 0.6 is 0 Å². The molecule has 1 aromatic heterocycles. The third-order valence-electron chi connectivity index (χ3n) is 4.57. The summed E-state index contributed by atoms with van der Waals surface area (Å²) in [6.45, 7) is 2.79. The zero-order valence-electron chi connectivity index (χ0n) is 14.5. The molecule has 1 fully saturated rings. The molecule has 0 saturated carbocycles. The van der Waals surface area contributed by atoms with Gasteiger partial charge in [0, 0.05) is 30.4 Å². The first-order chi connectivity index (χ1) is 13.1. The smallest absolute Gasteiger partial charge is 0.339 e. The predicted molar refractivity (Wildman–Crippen MR) is 101 cm³/mol. The number of fused-ring (bicyclic) bond motifs is 1. The van der Waals surface area contributed by atoms with E-state index in [1.54, 1.807) is 12.1 Å². The molecule has 2 N–H and O–H groups in total. The van der Waals surface area contributed by atoms with Gasteiger partial charge in [-0.1, -0.05) is 12.1 Å². The first kappa shape index (κ1) is 17.2. The number of ether oxygens (including phenoxy) is 1. The van der Waals surface area contributed by atoms with E-state index in [-0.39, 0.29) is 11.4 Å². The van der Waals surface area contributed by atoms with Gasteiger partial charge in [0.05, 0.1) is 30.1 Å². The molecule has 0 spiro atoms. The Hall–Kier alpha value is -3.19. The molecule has 1 aliphatic rings. The molecule has 6 nitrogen and oxygen atoms in total. The number of hydrogen-bond donors (Lipinski definition) is 2. The Morgan fingerprint density at radius 1 is 1.15 bits per heavy atom. The maximum Gasteiger partial charge on any atom is 0.339 e. The number of morpholine rings is 1. The molecule has 138 valence electrons. The topological polar surface area (TPSA) is 74.7 Å². The fraction of sp³-hybridized carbons (Fsp3) is 0.200. The fourth-order valence-electron chi connectivity index (χ4n) is 3.24. The van der Waals surface area contributed by atoms with Crippen LogP contribution in [0.5, 0.6) is 0 Å². The lowest BCUT2D eigenvalue weighted by Crippen LogP contribution is -2.36. The lowest BCUT2D eigenvalue weighted by atomic mass is 10.1. The number of aromatic carboxylic acids is 1. The van der Waals surface area contributed by atoms with Crippen molar-refractivity contribution in [3.8, 4) is 0 Å². The van der Waals surface area contributed by atoms with Crippen LogP contribution in [0.1, 0.15) is 10.4 Å². The predicted octanol–water partition coefficient (Wildman–Crippen LogP) is 3.65. The van der Waals surface area contributed by atoms with Gasteiger partial charge < -0.3 is 20.1 Å². The Bertz CT molecular complexity index is 986. The normalized spacial score (nSPS) is 14.3. The summed E-state index contributed by atoms with van der Waals surface area (Å²) >= 11 is 0. The van der Waals surface area contributed by atoms with Gasteiger partial charge in [0.1, 0.15) is 11.4 Å². The molecule has 3 aromatic rings. The van der Waals surface area contributed by atoms with Crippen molar-refractivity contribution < 1.29 is 19.0 Å². The monoisotopic (exact) mass is 367 g/mol. The Labute approximate surface area is 155 Å². The average molecular weight is 367 g/mol. The molecule has 4 rings (SSSR count). The van der Waals surface area contributed by atoms with Crippen molar-refractivity contribution in [2.24, 2.45) is 0 Å². The number of aromatic nitrogens is 1. The number of carbonyl (C=O) groups is 1. The van der Waals surface area contributed by atoms with E-state index in [1.807, 2.05) is 18.2 Å². The van der Waals surface area contributed by atoms with Crippen LogP contribution in [-0.2, 0) is 4.74 Å². The van der Waals surface area contributed by atoms with Crippen LogP contribution in [0.2, 0.25) is 0 Å². The Balaban J connectivity index is 1.85. The highest BCUT2D eigenvalue weighted by molar-refractivity contribution is 6.08. The molecule has 0 unspecified atom stereocenters. The number of pyridine rings is 1. The second-order valence-corrected chi connectivity index (χ2v) is 6.26. The van der Waals surface area contributed by atoms with Crippen LogP contribution in [0.15, 0.2) is 48.7 Å². The van der Waals surface area contributed by atoms with E-state index in [0.717, 1.165) is 18.8 Å². The summed E-state index contributed by atoms with van der Waals surface area (Å²) in [6, 6.07) is 11.5. The van der Waals surface area contributed by atoms with Crippen molar-refractivity contribution in [2.45, 2.75) is 0 Å². The zero-order chi connectivity index (χ0) is 18.8. The highest BCUT2D eigenvalue weighted by Gasteiger charge is 2.19. The van der Waals surface area contributed by atoms with E-state index in [9.17, 15) is 14.3 Å². The average Bonchev–Trinajstić information content (AvgIpc) is 2.70.